The lowest BCUT2D eigenvalue weighted by Crippen LogP contribution is -2.23. The first-order valence-electron chi connectivity index (χ1n) is 9.70. The fourth-order valence-corrected chi connectivity index (χ4v) is 4.28. The number of hydrogen-bond donors (Lipinski definition) is 1. The third-order valence-electron chi connectivity index (χ3n) is 4.91. The third kappa shape index (κ3) is 4.50. The van der Waals surface area contributed by atoms with Crippen molar-refractivity contribution in [1.82, 2.24) is 9.55 Å². The van der Waals surface area contributed by atoms with Gasteiger partial charge in [0.2, 0.25) is 5.91 Å². The fraction of sp³-hybridized carbons (Fsp3) is 0.125. The molecule has 1 N–H and O–H groups in total. The molecule has 4 rings (SSSR count). The number of carbonyl (C=O) groups is 1. The highest BCUT2D eigenvalue weighted by Crippen LogP contribution is 2.24. The van der Waals surface area contributed by atoms with Crippen LogP contribution in [0.4, 0.5) is 5.69 Å². The molecule has 0 aliphatic rings. The van der Waals surface area contributed by atoms with Gasteiger partial charge < -0.3 is 5.32 Å². The van der Waals surface area contributed by atoms with E-state index in [9.17, 15) is 9.59 Å². The molecule has 0 unspecified atom stereocenters. The normalized spacial score (nSPS) is 10.9. The maximum atomic E-state index is 13.2. The van der Waals surface area contributed by atoms with E-state index in [-0.39, 0.29) is 17.2 Å². The highest BCUT2D eigenvalue weighted by molar-refractivity contribution is 7.99. The van der Waals surface area contributed by atoms with Crippen molar-refractivity contribution in [2.45, 2.75) is 19.0 Å². The van der Waals surface area contributed by atoms with Gasteiger partial charge in [-0.3, -0.25) is 14.2 Å². The van der Waals surface area contributed by atoms with Crippen molar-refractivity contribution in [3.63, 3.8) is 0 Å². The van der Waals surface area contributed by atoms with Crippen molar-refractivity contribution in [1.29, 1.82) is 0 Å². The maximum Gasteiger partial charge on any atom is 0.266 e. The Morgan fingerprint density at radius 2 is 1.68 bits per heavy atom. The number of anilines is 1. The Kier molecular flexibility index (Phi) is 6.11. The summed E-state index contributed by atoms with van der Waals surface area (Å²) in [6.45, 7) is 3.91. The van der Waals surface area contributed by atoms with Gasteiger partial charge >= 0.3 is 0 Å². The summed E-state index contributed by atoms with van der Waals surface area (Å²) in [4.78, 5) is 30.6. The van der Waals surface area contributed by atoms with E-state index in [1.165, 1.54) is 16.3 Å². The zero-order valence-electron chi connectivity index (χ0n) is 17.1. The molecule has 1 amide bonds. The van der Waals surface area contributed by atoms with Gasteiger partial charge in [0.1, 0.15) is 0 Å². The molecule has 0 aliphatic carbocycles. The number of thioether (sulfide) groups is 1. The zero-order chi connectivity index (χ0) is 22.0. The summed E-state index contributed by atoms with van der Waals surface area (Å²) in [5.41, 5.74) is 3.86. The Labute approximate surface area is 189 Å². The first kappa shape index (κ1) is 21.2. The van der Waals surface area contributed by atoms with Gasteiger partial charge in [0.05, 0.1) is 22.3 Å². The van der Waals surface area contributed by atoms with Crippen molar-refractivity contribution in [3.8, 4) is 5.69 Å². The molecule has 0 radical (unpaired) electrons. The molecular weight excluding hydrogens is 430 g/mol. The summed E-state index contributed by atoms with van der Waals surface area (Å²) in [5, 5.41) is 4.51. The monoisotopic (exact) mass is 449 g/mol. The van der Waals surface area contributed by atoms with Crippen LogP contribution in [-0.2, 0) is 4.79 Å². The van der Waals surface area contributed by atoms with E-state index >= 15 is 0 Å². The number of aryl methyl sites for hydroxylation is 2. The molecule has 0 saturated carbocycles. The Balaban J connectivity index is 1.68. The first-order chi connectivity index (χ1) is 14.9. The first-order valence-corrected chi connectivity index (χ1v) is 11.1. The molecule has 0 bridgehead atoms. The average molecular weight is 450 g/mol. The van der Waals surface area contributed by atoms with Gasteiger partial charge in [-0.05, 0) is 61.4 Å². The highest BCUT2D eigenvalue weighted by atomic mass is 35.5. The summed E-state index contributed by atoms with van der Waals surface area (Å²) < 4.78 is 1.52. The van der Waals surface area contributed by atoms with E-state index in [1.54, 1.807) is 36.4 Å². The molecule has 1 aromatic heterocycles. The Morgan fingerprint density at radius 3 is 2.39 bits per heavy atom. The number of rotatable bonds is 5. The van der Waals surface area contributed by atoms with Gasteiger partial charge in [0.15, 0.2) is 5.16 Å². The predicted molar refractivity (Wildman–Crippen MR) is 128 cm³/mol. The minimum absolute atomic E-state index is 0.117. The largest absolute Gasteiger partial charge is 0.325 e. The lowest BCUT2D eigenvalue weighted by Gasteiger charge is -2.14. The maximum absolute atomic E-state index is 13.2. The number of hydrogen-bond acceptors (Lipinski definition) is 4. The smallest absolute Gasteiger partial charge is 0.266 e. The van der Waals surface area contributed by atoms with Crippen LogP contribution in [0.15, 0.2) is 76.7 Å². The Morgan fingerprint density at radius 1 is 1.00 bits per heavy atom. The second kappa shape index (κ2) is 8.96. The molecule has 5 nitrogen and oxygen atoms in total. The van der Waals surface area contributed by atoms with Gasteiger partial charge in [-0.25, -0.2) is 4.98 Å². The van der Waals surface area contributed by atoms with Gasteiger partial charge in [-0.1, -0.05) is 53.7 Å². The number of nitrogens with zero attached hydrogens (tertiary/aromatic N) is 2. The third-order valence-corrected chi connectivity index (χ3v) is 6.10. The molecule has 4 aromatic rings. The van der Waals surface area contributed by atoms with E-state index in [0.717, 1.165) is 16.8 Å². The number of benzene rings is 3. The number of para-hydroxylation sites is 2. The second-order valence-electron chi connectivity index (χ2n) is 7.13. The molecule has 0 spiro atoms. The summed E-state index contributed by atoms with van der Waals surface area (Å²) in [6, 6.07) is 20.0. The molecule has 1 heterocycles. The van der Waals surface area contributed by atoms with Crippen LogP contribution < -0.4 is 10.9 Å². The number of nitrogens with one attached hydrogen (secondary N) is 1. The number of fused-ring (bicyclic) bond motifs is 1. The van der Waals surface area contributed by atoms with E-state index in [4.69, 9.17) is 11.6 Å². The number of carbonyl (C=O) groups excluding carboxylic acids is 1. The van der Waals surface area contributed by atoms with Crippen molar-refractivity contribution in [2.24, 2.45) is 0 Å². The molecule has 0 atom stereocenters. The zero-order valence-corrected chi connectivity index (χ0v) is 18.6. The highest BCUT2D eigenvalue weighted by Gasteiger charge is 2.15. The van der Waals surface area contributed by atoms with Gasteiger partial charge in [0, 0.05) is 10.7 Å². The van der Waals surface area contributed by atoms with E-state index in [2.05, 4.69) is 10.3 Å². The van der Waals surface area contributed by atoms with Crippen molar-refractivity contribution in [3.05, 3.63) is 93.2 Å². The predicted octanol–water partition coefficient (Wildman–Crippen LogP) is 5.39. The minimum atomic E-state index is -0.189. The SMILES string of the molecule is Cc1cccc(C)c1NC(=O)CSc1nc2ccccc2c(=O)n1-c1ccc(Cl)cc1. The Bertz CT molecular complexity index is 1310. The Hall–Kier alpha value is -3.09. The minimum Gasteiger partial charge on any atom is -0.325 e. The summed E-state index contributed by atoms with van der Waals surface area (Å²) in [7, 11) is 0. The summed E-state index contributed by atoms with van der Waals surface area (Å²) in [6.07, 6.45) is 0. The average Bonchev–Trinajstić information content (AvgIpc) is 2.76. The molecule has 0 fully saturated rings. The summed E-state index contributed by atoms with van der Waals surface area (Å²) >= 11 is 7.24. The molecule has 0 aliphatic heterocycles. The molecule has 7 heteroatoms. The number of aromatic nitrogens is 2. The second-order valence-corrected chi connectivity index (χ2v) is 8.51. The van der Waals surface area contributed by atoms with Crippen LogP contribution in [0.25, 0.3) is 16.6 Å². The number of halogens is 1. The lowest BCUT2D eigenvalue weighted by atomic mass is 10.1. The van der Waals surface area contributed by atoms with Crippen molar-refractivity contribution >= 4 is 45.9 Å². The topological polar surface area (TPSA) is 64.0 Å². The fourth-order valence-electron chi connectivity index (χ4n) is 3.34. The number of amides is 1. The van der Waals surface area contributed by atoms with E-state index < -0.39 is 0 Å². The molecule has 0 saturated heterocycles. The molecule has 31 heavy (non-hydrogen) atoms. The van der Waals surface area contributed by atoms with Crippen molar-refractivity contribution in [2.75, 3.05) is 11.1 Å². The quantitative estimate of drug-likeness (QED) is 0.328. The van der Waals surface area contributed by atoms with Crippen molar-refractivity contribution < 1.29 is 4.79 Å². The van der Waals surface area contributed by atoms with Gasteiger partial charge in [-0.2, -0.15) is 0 Å². The van der Waals surface area contributed by atoms with Gasteiger partial charge in [0.25, 0.3) is 5.56 Å². The van der Waals surface area contributed by atoms with Gasteiger partial charge in [-0.15, -0.1) is 0 Å². The van der Waals surface area contributed by atoms with E-state index in [1.807, 2.05) is 44.2 Å². The summed E-state index contributed by atoms with van der Waals surface area (Å²) in [5.74, 6) is -0.0425. The van der Waals surface area contributed by atoms with E-state index in [0.29, 0.717) is 26.8 Å². The van der Waals surface area contributed by atoms with Crippen LogP contribution in [-0.4, -0.2) is 21.2 Å². The van der Waals surface area contributed by atoms with Crippen LogP contribution in [0.5, 0.6) is 0 Å². The standard InChI is InChI=1S/C24H20ClN3O2S/c1-15-6-5-7-16(2)22(15)27-21(29)14-31-24-26-20-9-4-3-8-19(20)23(30)28(24)18-12-10-17(25)11-13-18/h3-13H,14H2,1-2H3,(H,27,29). The molecular formula is C24H20ClN3O2S. The van der Waals surface area contributed by atoms with Crippen LogP contribution in [0, 0.1) is 13.8 Å². The molecule has 156 valence electrons. The van der Waals surface area contributed by atoms with Crippen LogP contribution in [0.1, 0.15) is 11.1 Å². The van der Waals surface area contributed by atoms with Crippen LogP contribution in [0.3, 0.4) is 0 Å². The molecule has 3 aromatic carbocycles. The van der Waals surface area contributed by atoms with Crippen LogP contribution in [0.2, 0.25) is 5.02 Å². The van der Waals surface area contributed by atoms with Crippen LogP contribution >= 0.6 is 23.4 Å². The lowest BCUT2D eigenvalue weighted by molar-refractivity contribution is -0.113.